The van der Waals surface area contributed by atoms with Gasteiger partial charge in [0.25, 0.3) is 0 Å². The number of aromatic nitrogens is 1. The Balaban J connectivity index is 1.36. The molecule has 1 saturated heterocycles. The molecule has 0 aliphatic carbocycles. The molecule has 2 aliphatic rings. The van der Waals surface area contributed by atoms with Crippen LogP contribution in [-0.2, 0) is 6.54 Å². The quantitative estimate of drug-likeness (QED) is 0.618. The fraction of sp³-hybridized carbons (Fsp3) is 0.545. The predicted molar refractivity (Wildman–Crippen MR) is 113 cm³/mol. The molecule has 1 N–H and O–H groups in total. The Morgan fingerprint density at radius 2 is 2.07 bits per heavy atom. The molecule has 1 unspecified atom stereocenters. The van der Waals surface area contributed by atoms with Crippen molar-refractivity contribution >= 4 is 5.96 Å². The fourth-order valence-corrected chi connectivity index (χ4v) is 4.07. The first-order valence-corrected chi connectivity index (χ1v) is 10.6. The Morgan fingerprint density at radius 1 is 1.24 bits per heavy atom. The van der Waals surface area contributed by atoms with Gasteiger partial charge in [0.15, 0.2) is 5.96 Å². The first-order chi connectivity index (χ1) is 14.2. The molecule has 1 atom stereocenters. The second-order valence-electron chi connectivity index (χ2n) is 7.76. The number of hydrogen-bond donors (Lipinski definition) is 1. The van der Waals surface area contributed by atoms with Crippen LogP contribution in [0.3, 0.4) is 0 Å². The van der Waals surface area contributed by atoms with Crippen LogP contribution < -0.4 is 10.1 Å². The van der Waals surface area contributed by atoms with Crippen molar-refractivity contribution in [2.24, 2.45) is 4.99 Å². The standard InChI is InChI=1S/C22H31N5O2/c1-3-23-22(24-15-18-8-13-28-21-7-5-4-6-20(18)21)27-11-9-26(10-12-27)16-19-14-17(2)29-25-19/h4-7,14,18H,3,8-13,15-16H2,1-2H3,(H,23,24). The molecule has 156 valence electrons. The Labute approximate surface area is 172 Å². The third kappa shape index (κ3) is 4.90. The summed E-state index contributed by atoms with van der Waals surface area (Å²) >= 11 is 0. The van der Waals surface area contributed by atoms with E-state index in [1.54, 1.807) is 0 Å². The largest absolute Gasteiger partial charge is 0.493 e. The molecule has 3 heterocycles. The second-order valence-corrected chi connectivity index (χ2v) is 7.76. The van der Waals surface area contributed by atoms with Crippen molar-refractivity contribution in [2.45, 2.75) is 32.7 Å². The van der Waals surface area contributed by atoms with E-state index in [2.05, 4.69) is 45.4 Å². The summed E-state index contributed by atoms with van der Waals surface area (Å²) in [5.41, 5.74) is 2.29. The Morgan fingerprint density at radius 3 is 2.83 bits per heavy atom. The van der Waals surface area contributed by atoms with E-state index in [9.17, 15) is 0 Å². The average Bonchev–Trinajstić information content (AvgIpc) is 3.16. The molecular formula is C22H31N5O2. The number of aryl methyl sites for hydroxylation is 1. The number of ether oxygens (including phenoxy) is 1. The Kier molecular flexibility index (Phi) is 6.34. The maximum atomic E-state index is 5.79. The minimum atomic E-state index is 0.422. The first-order valence-electron chi connectivity index (χ1n) is 10.6. The number of nitrogens with zero attached hydrogens (tertiary/aromatic N) is 4. The van der Waals surface area contributed by atoms with Crippen molar-refractivity contribution in [1.29, 1.82) is 0 Å². The maximum Gasteiger partial charge on any atom is 0.194 e. The van der Waals surface area contributed by atoms with Crippen LogP contribution in [0.2, 0.25) is 0 Å². The number of aliphatic imine (C=N–C) groups is 1. The second kappa shape index (κ2) is 9.31. The number of fused-ring (bicyclic) bond motifs is 1. The van der Waals surface area contributed by atoms with Crippen LogP contribution in [0.15, 0.2) is 39.8 Å². The van der Waals surface area contributed by atoms with Gasteiger partial charge in [-0.25, -0.2) is 0 Å². The van der Waals surface area contributed by atoms with E-state index in [-0.39, 0.29) is 0 Å². The zero-order valence-corrected chi connectivity index (χ0v) is 17.4. The van der Waals surface area contributed by atoms with Gasteiger partial charge >= 0.3 is 0 Å². The smallest absolute Gasteiger partial charge is 0.194 e. The predicted octanol–water partition coefficient (Wildman–Crippen LogP) is 2.63. The molecule has 2 aromatic rings. The van der Waals surface area contributed by atoms with Gasteiger partial charge in [0.2, 0.25) is 0 Å². The van der Waals surface area contributed by atoms with E-state index in [1.165, 1.54) is 5.56 Å². The van der Waals surface area contributed by atoms with E-state index < -0.39 is 0 Å². The van der Waals surface area contributed by atoms with Crippen LogP contribution in [0.5, 0.6) is 5.75 Å². The average molecular weight is 398 g/mol. The van der Waals surface area contributed by atoms with Crippen LogP contribution in [-0.4, -0.2) is 66.8 Å². The van der Waals surface area contributed by atoms with E-state index in [1.807, 2.05) is 19.1 Å². The van der Waals surface area contributed by atoms with Gasteiger partial charge in [-0.15, -0.1) is 0 Å². The number of hydrogen-bond acceptors (Lipinski definition) is 5. The zero-order valence-electron chi connectivity index (χ0n) is 17.4. The van der Waals surface area contributed by atoms with Crippen molar-refractivity contribution in [3.05, 3.63) is 47.3 Å². The molecular weight excluding hydrogens is 366 g/mol. The van der Waals surface area contributed by atoms with Crippen molar-refractivity contribution in [1.82, 2.24) is 20.3 Å². The highest BCUT2D eigenvalue weighted by Gasteiger charge is 2.23. The summed E-state index contributed by atoms with van der Waals surface area (Å²) < 4.78 is 11.0. The number of nitrogens with one attached hydrogen (secondary N) is 1. The van der Waals surface area contributed by atoms with Gasteiger partial charge < -0.3 is 19.5 Å². The van der Waals surface area contributed by atoms with E-state index in [4.69, 9.17) is 14.3 Å². The summed E-state index contributed by atoms with van der Waals surface area (Å²) in [6, 6.07) is 10.4. The number of benzene rings is 1. The normalized spacial score (nSPS) is 20.3. The number of para-hydroxylation sites is 1. The van der Waals surface area contributed by atoms with Crippen molar-refractivity contribution < 1.29 is 9.26 Å². The Bertz CT molecular complexity index is 826. The summed E-state index contributed by atoms with van der Waals surface area (Å²) in [4.78, 5) is 9.80. The number of rotatable bonds is 5. The minimum absolute atomic E-state index is 0.422. The van der Waals surface area contributed by atoms with Crippen LogP contribution in [0.25, 0.3) is 0 Å². The number of guanidine groups is 1. The molecule has 1 fully saturated rings. The van der Waals surface area contributed by atoms with Crippen LogP contribution >= 0.6 is 0 Å². The lowest BCUT2D eigenvalue weighted by Crippen LogP contribution is -2.52. The summed E-state index contributed by atoms with van der Waals surface area (Å²) in [7, 11) is 0. The lowest BCUT2D eigenvalue weighted by molar-refractivity contribution is 0.169. The maximum absolute atomic E-state index is 5.79. The highest BCUT2D eigenvalue weighted by Crippen LogP contribution is 2.33. The third-order valence-electron chi connectivity index (χ3n) is 5.61. The Hall–Kier alpha value is -2.54. The number of piperazine rings is 1. The summed E-state index contributed by atoms with van der Waals surface area (Å²) in [6.45, 7) is 11.3. The molecule has 1 aromatic heterocycles. The van der Waals surface area contributed by atoms with Crippen LogP contribution in [0.4, 0.5) is 0 Å². The van der Waals surface area contributed by atoms with Gasteiger partial charge in [-0.1, -0.05) is 23.4 Å². The monoisotopic (exact) mass is 397 g/mol. The molecule has 7 heteroatoms. The zero-order chi connectivity index (χ0) is 20.1. The molecule has 2 aliphatic heterocycles. The summed E-state index contributed by atoms with van der Waals surface area (Å²) in [5.74, 6) is 3.33. The van der Waals surface area contributed by atoms with Gasteiger partial charge in [-0.3, -0.25) is 9.89 Å². The molecule has 4 rings (SSSR count). The summed E-state index contributed by atoms with van der Waals surface area (Å²) in [6.07, 6.45) is 1.02. The van der Waals surface area contributed by atoms with Crippen molar-refractivity contribution in [3.63, 3.8) is 0 Å². The molecule has 0 amide bonds. The van der Waals surface area contributed by atoms with Gasteiger partial charge in [0.1, 0.15) is 11.5 Å². The molecule has 29 heavy (non-hydrogen) atoms. The van der Waals surface area contributed by atoms with E-state index >= 15 is 0 Å². The lowest BCUT2D eigenvalue weighted by Gasteiger charge is -2.36. The van der Waals surface area contributed by atoms with Crippen molar-refractivity contribution in [2.75, 3.05) is 45.9 Å². The molecule has 0 spiro atoms. The van der Waals surface area contributed by atoms with Crippen LogP contribution in [0.1, 0.15) is 36.3 Å². The topological polar surface area (TPSA) is 66.1 Å². The molecule has 7 nitrogen and oxygen atoms in total. The lowest BCUT2D eigenvalue weighted by atomic mass is 9.93. The third-order valence-corrected chi connectivity index (χ3v) is 5.61. The van der Waals surface area contributed by atoms with Crippen molar-refractivity contribution in [3.8, 4) is 5.75 Å². The van der Waals surface area contributed by atoms with Gasteiger partial charge in [0, 0.05) is 57.8 Å². The van der Waals surface area contributed by atoms with E-state index in [0.717, 1.165) is 82.0 Å². The molecule has 0 saturated carbocycles. The summed E-state index contributed by atoms with van der Waals surface area (Å²) in [5, 5.41) is 7.60. The van der Waals surface area contributed by atoms with Gasteiger partial charge in [-0.2, -0.15) is 0 Å². The fourth-order valence-electron chi connectivity index (χ4n) is 4.07. The van der Waals surface area contributed by atoms with Crippen LogP contribution in [0, 0.1) is 6.92 Å². The van der Waals surface area contributed by atoms with Gasteiger partial charge in [-0.05, 0) is 31.9 Å². The van der Waals surface area contributed by atoms with E-state index in [0.29, 0.717) is 5.92 Å². The SMILES string of the molecule is CCNC(=NCC1CCOc2ccccc21)N1CCN(Cc2cc(C)on2)CC1. The molecule has 1 aromatic carbocycles. The highest BCUT2D eigenvalue weighted by atomic mass is 16.5. The van der Waals surface area contributed by atoms with Gasteiger partial charge in [0.05, 0.1) is 12.3 Å². The highest BCUT2D eigenvalue weighted by molar-refractivity contribution is 5.80. The molecule has 0 radical (unpaired) electrons. The first kappa shape index (κ1) is 19.8. The molecule has 0 bridgehead atoms. The minimum Gasteiger partial charge on any atom is -0.493 e.